The fourth-order valence-corrected chi connectivity index (χ4v) is 3.73. The first-order valence-electron chi connectivity index (χ1n) is 9.29. The number of aliphatic carboxylic acids is 1. The van der Waals surface area contributed by atoms with Crippen LogP contribution in [0.1, 0.15) is 22.6 Å². The van der Waals surface area contributed by atoms with Crippen molar-refractivity contribution in [3.8, 4) is 17.2 Å². The summed E-state index contributed by atoms with van der Waals surface area (Å²) in [4.78, 5) is 29.0. The summed E-state index contributed by atoms with van der Waals surface area (Å²) >= 11 is 0. The van der Waals surface area contributed by atoms with Crippen molar-refractivity contribution in [2.75, 3.05) is 18.1 Å². The maximum Gasteiger partial charge on any atom is 0.416 e. The Balaban J connectivity index is 1.60. The lowest BCUT2D eigenvalue weighted by molar-refractivity contribution is -0.135. The van der Waals surface area contributed by atoms with Crippen LogP contribution in [-0.2, 0) is 9.53 Å². The second kappa shape index (κ2) is 8.05. The lowest BCUT2D eigenvalue weighted by atomic mass is 9.98. The lowest BCUT2D eigenvalue weighted by Gasteiger charge is -2.22. The van der Waals surface area contributed by atoms with Crippen molar-refractivity contribution in [3.63, 3.8) is 0 Å². The standard InChI is InChI=1S/C23H17N3O4/c24-12-15-6-5-11-25-22(15)26(13-21(27)28)23(29)30-14-20-18-9-3-1-7-16(18)17-8-2-4-10-19(17)20/h1-11,20H,13-14H2,(H,27,28). The van der Waals surface area contributed by atoms with E-state index in [-0.39, 0.29) is 23.9 Å². The summed E-state index contributed by atoms with van der Waals surface area (Å²) in [5, 5.41) is 18.5. The van der Waals surface area contributed by atoms with Gasteiger partial charge in [-0.3, -0.25) is 4.79 Å². The highest BCUT2D eigenvalue weighted by Crippen LogP contribution is 2.44. The van der Waals surface area contributed by atoms with Crippen LogP contribution in [0.4, 0.5) is 10.6 Å². The van der Waals surface area contributed by atoms with Crippen LogP contribution in [0.25, 0.3) is 11.1 Å². The van der Waals surface area contributed by atoms with E-state index in [1.165, 1.54) is 12.3 Å². The number of hydrogen-bond donors (Lipinski definition) is 1. The SMILES string of the molecule is N#Cc1cccnc1N(CC(=O)O)C(=O)OCC1c2ccccc2-c2ccccc21. The summed E-state index contributed by atoms with van der Waals surface area (Å²) in [6.45, 7) is -0.625. The minimum absolute atomic E-state index is 0.0394. The number of carboxylic acid groups (broad SMARTS) is 1. The molecule has 0 fully saturated rings. The molecular formula is C23H17N3O4. The Morgan fingerprint density at radius 3 is 2.27 bits per heavy atom. The van der Waals surface area contributed by atoms with E-state index in [0.717, 1.165) is 27.2 Å². The van der Waals surface area contributed by atoms with Gasteiger partial charge in [0.2, 0.25) is 0 Å². The van der Waals surface area contributed by atoms with Gasteiger partial charge in [-0.25, -0.2) is 14.7 Å². The summed E-state index contributed by atoms with van der Waals surface area (Å²) < 4.78 is 5.53. The van der Waals surface area contributed by atoms with Crippen LogP contribution in [0.15, 0.2) is 66.9 Å². The highest BCUT2D eigenvalue weighted by Gasteiger charge is 2.31. The maximum absolute atomic E-state index is 12.8. The first-order valence-corrected chi connectivity index (χ1v) is 9.29. The van der Waals surface area contributed by atoms with E-state index in [4.69, 9.17) is 4.74 Å². The molecule has 148 valence electrons. The number of nitriles is 1. The Hall–Kier alpha value is -4.18. The van der Waals surface area contributed by atoms with E-state index >= 15 is 0 Å². The highest BCUT2D eigenvalue weighted by molar-refractivity contribution is 5.93. The van der Waals surface area contributed by atoms with Crippen LogP contribution in [0, 0.1) is 11.3 Å². The zero-order valence-corrected chi connectivity index (χ0v) is 15.9. The molecule has 1 amide bonds. The average molecular weight is 399 g/mol. The van der Waals surface area contributed by atoms with E-state index in [1.807, 2.05) is 54.6 Å². The van der Waals surface area contributed by atoms with E-state index in [2.05, 4.69) is 4.98 Å². The zero-order chi connectivity index (χ0) is 21.1. The molecule has 0 spiro atoms. The molecule has 7 nitrogen and oxygen atoms in total. The Morgan fingerprint density at radius 1 is 1.03 bits per heavy atom. The summed E-state index contributed by atoms with van der Waals surface area (Å²) in [5.74, 6) is -1.44. The van der Waals surface area contributed by atoms with Gasteiger partial charge in [0.25, 0.3) is 0 Å². The summed E-state index contributed by atoms with van der Waals surface area (Å²) in [5.41, 5.74) is 4.37. The van der Waals surface area contributed by atoms with Gasteiger partial charge >= 0.3 is 12.1 Å². The van der Waals surface area contributed by atoms with Gasteiger partial charge in [-0.1, -0.05) is 48.5 Å². The molecule has 0 saturated carbocycles. The van der Waals surface area contributed by atoms with Crippen molar-refractivity contribution in [2.45, 2.75) is 5.92 Å². The van der Waals surface area contributed by atoms with Gasteiger partial charge in [0.1, 0.15) is 19.2 Å². The van der Waals surface area contributed by atoms with Crippen LogP contribution in [0.3, 0.4) is 0 Å². The minimum Gasteiger partial charge on any atom is -0.480 e. The number of aromatic nitrogens is 1. The van der Waals surface area contributed by atoms with Gasteiger partial charge in [-0.15, -0.1) is 0 Å². The topological polar surface area (TPSA) is 104 Å². The maximum atomic E-state index is 12.8. The number of nitrogens with zero attached hydrogens (tertiary/aromatic N) is 3. The zero-order valence-electron chi connectivity index (χ0n) is 15.9. The number of ether oxygens (including phenoxy) is 1. The van der Waals surface area contributed by atoms with Crippen LogP contribution in [0.2, 0.25) is 0 Å². The molecule has 3 aromatic rings. The number of hydrogen-bond acceptors (Lipinski definition) is 5. The fraction of sp³-hybridized carbons (Fsp3) is 0.130. The third-order valence-electron chi connectivity index (χ3n) is 5.01. The molecule has 0 bridgehead atoms. The number of anilines is 1. The largest absolute Gasteiger partial charge is 0.480 e. The predicted octanol–water partition coefficient (Wildman–Crippen LogP) is 3.79. The highest BCUT2D eigenvalue weighted by atomic mass is 16.6. The van der Waals surface area contributed by atoms with Crippen molar-refractivity contribution in [1.29, 1.82) is 5.26 Å². The van der Waals surface area contributed by atoms with Crippen LogP contribution < -0.4 is 4.90 Å². The number of fused-ring (bicyclic) bond motifs is 3. The van der Waals surface area contributed by atoms with Gasteiger partial charge in [-0.2, -0.15) is 5.26 Å². The second-order valence-electron chi connectivity index (χ2n) is 6.77. The molecule has 1 aromatic heterocycles. The minimum atomic E-state index is -1.24. The van der Waals surface area contributed by atoms with E-state index in [0.29, 0.717) is 0 Å². The number of rotatable bonds is 5. The Kier molecular flexibility index (Phi) is 5.14. The number of carbonyl (C=O) groups excluding carboxylic acids is 1. The van der Waals surface area contributed by atoms with Gasteiger partial charge in [-0.05, 0) is 34.4 Å². The van der Waals surface area contributed by atoms with Crippen LogP contribution in [0.5, 0.6) is 0 Å². The first kappa shape index (κ1) is 19.2. The molecule has 30 heavy (non-hydrogen) atoms. The molecule has 2 aromatic carbocycles. The van der Waals surface area contributed by atoms with E-state index in [1.54, 1.807) is 6.07 Å². The Morgan fingerprint density at radius 2 is 1.67 bits per heavy atom. The third-order valence-corrected chi connectivity index (χ3v) is 5.01. The smallest absolute Gasteiger partial charge is 0.416 e. The fourth-order valence-electron chi connectivity index (χ4n) is 3.73. The van der Waals surface area contributed by atoms with Gasteiger partial charge in [0.05, 0.1) is 5.56 Å². The van der Waals surface area contributed by atoms with Crippen LogP contribution >= 0.6 is 0 Å². The van der Waals surface area contributed by atoms with Gasteiger partial charge in [0, 0.05) is 12.1 Å². The molecular weight excluding hydrogens is 382 g/mol. The van der Waals surface area contributed by atoms with Crippen molar-refractivity contribution in [1.82, 2.24) is 4.98 Å². The number of pyridine rings is 1. The van der Waals surface area contributed by atoms with Crippen molar-refractivity contribution in [3.05, 3.63) is 83.6 Å². The molecule has 0 saturated heterocycles. The van der Waals surface area contributed by atoms with Gasteiger partial charge in [0.15, 0.2) is 5.82 Å². The second-order valence-corrected chi connectivity index (χ2v) is 6.77. The molecule has 0 atom stereocenters. The number of carboxylic acids is 1. The molecule has 0 aliphatic heterocycles. The van der Waals surface area contributed by atoms with Crippen LogP contribution in [-0.4, -0.2) is 35.3 Å². The van der Waals surface area contributed by atoms with E-state index < -0.39 is 18.6 Å². The lowest BCUT2D eigenvalue weighted by Crippen LogP contribution is -2.38. The molecule has 1 aliphatic rings. The first-order chi connectivity index (χ1) is 14.6. The van der Waals surface area contributed by atoms with Crippen molar-refractivity contribution >= 4 is 17.9 Å². The summed E-state index contributed by atoms with van der Waals surface area (Å²) in [6.07, 6.45) is 0.524. The predicted molar refractivity (Wildman–Crippen MR) is 109 cm³/mol. The average Bonchev–Trinajstić information content (AvgIpc) is 3.09. The molecule has 1 aliphatic carbocycles. The molecule has 7 heteroatoms. The third kappa shape index (κ3) is 3.47. The van der Waals surface area contributed by atoms with E-state index in [9.17, 15) is 20.0 Å². The Bertz CT molecular complexity index is 1120. The molecule has 0 unspecified atom stereocenters. The summed E-state index contributed by atoms with van der Waals surface area (Å²) in [7, 11) is 0. The molecule has 0 radical (unpaired) electrons. The number of carbonyl (C=O) groups is 2. The number of benzene rings is 2. The monoisotopic (exact) mass is 399 g/mol. The molecule has 4 rings (SSSR count). The number of amides is 1. The molecule has 1 N–H and O–H groups in total. The van der Waals surface area contributed by atoms with Gasteiger partial charge < -0.3 is 9.84 Å². The quantitative estimate of drug-likeness (QED) is 0.700. The van der Waals surface area contributed by atoms with Crippen molar-refractivity contribution in [2.24, 2.45) is 0 Å². The molecule has 1 heterocycles. The Labute approximate surface area is 172 Å². The normalized spacial score (nSPS) is 11.8. The summed E-state index contributed by atoms with van der Waals surface area (Å²) in [6, 6.07) is 20.8. The van der Waals surface area contributed by atoms with Crippen molar-refractivity contribution < 1.29 is 19.4 Å².